The summed E-state index contributed by atoms with van der Waals surface area (Å²) in [5.74, 6) is 0.264. The summed E-state index contributed by atoms with van der Waals surface area (Å²) in [6, 6.07) is 3.48. The van der Waals surface area contributed by atoms with Crippen molar-refractivity contribution in [1.82, 2.24) is 4.98 Å². The van der Waals surface area contributed by atoms with Crippen molar-refractivity contribution in [1.29, 1.82) is 0 Å². The van der Waals surface area contributed by atoms with Crippen LogP contribution in [-0.2, 0) is 4.74 Å². The summed E-state index contributed by atoms with van der Waals surface area (Å²) in [6.45, 7) is 0.541. The first-order chi connectivity index (χ1) is 8.33. The lowest BCUT2D eigenvalue weighted by molar-refractivity contribution is 0.0436. The van der Waals surface area contributed by atoms with Gasteiger partial charge >= 0.3 is 5.97 Å². The van der Waals surface area contributed by atoms with Gasteiger partial charge in [-0.1, -0.05) is 12.8 Å². The van der Waals surface area contributed by atoms with Crippen LogP contribution >= 0.6 is 0 Å². The molecule has 1 saturated carbocycles. The highest BCUT2D eigenvalue weighted by Gasteiger charge is 2.18. The van der Waals surface area contributed by atoms with Crippen LogP contribution in [0, 0.1) is 5.92 Å². The van der Waals surface area contributed by atoms with Crippen molar-refractivity contribution in [3.63, 3.8) is 0 Å². The van der Waals surface area contributed by atoms with Crippen LogP contribution in [0.4, 0.5) is 0 Å². The minimum Gasteiger partial charge on any atom is -0.463 e. The van der Waals surface area contributed by atoms with E-state index in [0.29, 0.717) is 23.8 Å². The fourth-order valence-electron chi connectivity index (χ4n) is 2.41. The Morgan fingerprint density at radius 2 is 2.29 bits per heavy atom. The standard InChI is InChI=1S/C13H15NO3/c15-13(17-8-9-3-1-2-4-9)11-7-12-10(14-11)5-6-16-12/h5-7,9,14H,1-4,8H2. The van der Waals surface area contributed by atoms with Gasteiger partial charge in [0.2, 0.25) is 0 Å². The molecule has 0 aromatic carbocycles. The Hall–Kier alpha value is -1.71. The molecule has 0 saturated heterocycles. The number of carbonyl (C=O) groups excluding carboxylic acids is 1. The van der Waals surface area contributed by atoms with E-state index in [4.69, 9.17) is 9.15 Å². The van der Waals surface area contributed by atoms with E-state index in [2.05, 4.69) is 4.98 Å². The van der Waals surface area contributed by atoms with Gasteiger partial charge in [-0.05, 0) is 18.8 Å². The van der Waals surface area contributed by atoms with Crippen LogP contribution in [0.5, 0.6) is 0 Å². The normalized spacial score (nSPS) is 16.7. The number of furan rings is 1. The van der Waals surface area contributed by atoms with Crippen molar-refractivity contribution in [3.8, 4) is 0 Å². The minimum absolute atomic E-state index is 0.289. The molecule has 0 atom stereocenters. The number of aromatic amines is 1. The van der Waals surface area contributed by atoms with E-state index in [1.165, 1.54) is 25.7 Å². The summed E-state index contributed by atoms with van der Waals surface area (Å²) in [4.78, 5) is 14.8. The molecule has 2 heterocycles. The summed E-state index contributed by atoms with van der Waals surface area (Å²) in [6.07, 6.45) is 6.48. The van der Waals surface area contributed by atoms with Gasteiger partial charge in [-0.3, -0.25) is 0 Å². The van der Waals surface area contributed by atoms with E-state index in [1.807, 2.05) is 0 Å². The van der Waals surface area contributed by atoms with Crippen molar-refractivity contribution in [2.75, 3.05) is 6.61 Å². The quantitative estimate of drug-likeness (QED) is 0.829. The molecule has 90 valence electrons. The SMILES string of the molecule is O=C(OCC1CCCC1)c1cc2occc2[nH]1. The Kier molecular flexibility index (Phi) is 2.63. The van der Waals surface area contributed by atoms with Crippen LogP contribution in [-0.4, -0.2) is 17.6 Å². The maximum Gasteiger partial charge on any atom is 0.354 e. The van der Waals surface area contributed by atoms with Gasteiger partial charge in [0, 0.05) is 12.1 Å². The molecule has 1 aliphatic rings. The number of esters is 1. The molecular formula is C13H15NO3. The van der Waals surface area contributed by atoms with Gasteiger partial charge in [-0.25, -0.2) is 4.79 Å². The maximum absolute atomic E-state index is 11.8. The molecular weight excluding hydrogens is 218 g/mol. The second-order valence-electron chi connectivity index (χ2n) is 4.63. The highest BCUT2D eigenvalue weighted by molar-refractivity contribution is 5.93. The molecule has 4 nitrogen and oxygen atoms in total. The summed E-state index contributed by atoms with van der Waals surface area (Å²) in [5.41, 5.74) is 1.99. The number of ether oxygens (including phenoxy) is 1. The monoisotopic (exact) mass is 233 g/mol. The van der Waals surface area contributed by atoms with Crippen molar-refractivity contribution in [2.24, 2.45) is 5.92 Å². The number of carbonyl (C=O) groups is 1. The van der Waals surface area contributed by atoms with Gasteiger partial charge in [0.05, 0.1) is 18.4 Å². The first kappa shape index (κ1) is 10.4. The molecule has 1 fully saturated rings. The van der Waals surface area contributed by atoms with Gasteiger partial charge < -0.3 is 14.1 Å². The fraction of sp³-hybridized carbons (Fsp3) is 0.462. The third-order valence-corrected chi connectivity index (χ3v) is 3.38. The van der Waals surface area contributed by atoms with Crippen molar-refractivity contribution >= 4 is 17.1 Å². The summed E-state index contributed by atoms with van der Waals surface area (Å²) >= 11 is 0. The third-order valence-electron chi connectivity index (χ3n) is 3.38. The van der Waals surface area contributed by atoms with E-state index in [1.54, 1.807) is 18.4 Å². The van der Waals surface area contributed by atoms with E-state index in [9.17, 15) is 4.79 Å². The summed E-state index contributed by atoms with van der Waals surface area (Å²) < 4.78 is 10.5. The zero-order valence-electron chi connectivity index (χ0n) is 9.57. The Balaban J connectivity index is 1.63. The van der Waals surface area contributed by atoms with Gasteiger partial charge in [0.15, 0.2) is 5.58 Å². The second-order valence-corrected chi connectivity index (χ2v) is 4.63. The smallest absolute Gasteiger partial charge is 0.354 e. The number of nitrogens with one attached hydrogen (secondary N) is 1. The van der Waals surface area contributed by atoms with E-state index >= 15 is 0 Å². The van der Waals surface area contributed by atoms with Gasteiger partial charge in [0.25, 0.3) is 0 Å². The predicted octanol–water partition coefficient (Wildman–Crippen LogP) is 3.11. The van der Waals surface area contributed by atoms with Gasteiger partial charge in [0.1, 0.15) is 5.69 Å². The molecule has 2 aromatic heterocycles. The Morgan fingerprint density at radius 1 is 1.47 bits per heavy atom. The lowest BCUT2D eigenvalue weighted by Gasteiger charge is -2.08. The lowest BCUT2D eigenvalue weighted by Crippen LogP contribution is -2.12. The molecule has 0 bridgehead atoms. The maximum atomic E-state index is 11.8. The average Bonchev–Trinajstić information content (AvgIpc) is 3.01. The Labute approximate surface area is 98.9 Å². The summed E-state index contributed by atoms with van der Waals surface area (Å²) in [7, 11) is 0. The number of fused-ring (bicyclic) bond motifs is 1. The molecule has 1 aliphatic carbocycles. The summed E-state index contributed by atoms with van der Waals surface area (Å²) in [5, 5.41) is 0. The van der Waals surface area contributed by atoms with Gasteiger partial charge in [-0.2, -0.15) is 0 Å². The highest BCUT2D eigenvalue weighted by atomic mass is 16.5. The van der Waals surface area contributed by atoms with Crippen molar-refractivity contribution in [3.05, 3.63) is 24.1 Å². The van der Waals surface area contributed by atoms with E-state index < -0.39 is 0 Å². The molecule has 0 radical (unpaired) electrons. The highest BCUT2D eigenvalue weighted by Crippen LogP contribution is 2.25. The Morgan fingerprint density at radius 3 is 3.06 bits per heavy atom. The number of hydrogen-bond donors (Lipinski definition) is 1. The lowest BCUT2D eigenvalue weighted by atomic mass is 10.1. The van der Waals surface area contributed by atoms with Crippen LogP contribution < -0.4 is 0 Å². The van der Waals surface area contributed by atoms with Gasteiger partial charge in [-0.15, -0.1) is 0 Å². The third kappa shape index (κ3) is 2.07. The molecule has 0 spiro atoms. The molecule has 2 aromatic rings. The molecule has 1 N–H and O–H groups in total. The molecule has 3 rings (SSSR count). The van der Waals surface area contributed by atoms with Crippen molar-refractivity contribution < 1.29 is 13.9 Å². The fourth-order valence-corrected chi connectivity index (χ4v) is 2.41. The molecule has 0 unspecified atom stereocenters. The van der Waals surface area contributed by atoms with Crippen LogP contribution in [0.2, 0.25) is 0 Å². The zero-order valence-corrected chi connectivity index (χ0v) is 9.57. The number of hydrogen-bond acceptors (Lipinski definition) is 3. The topological polar surface area (TPSA) is 55.2 Å². The Bertz CT molecular complexity index is 491. The molecule has 4 heteroatoms. The van der Waals surface area contributed by atoms with E-state index in [0.717, 1.165) is 5.52 Å². The molecule has 17 heavy (non-hydrogen) atoms. The minimum atomic E-state index is -0.289. The number of rotatable bonds is 3. The molecule has 0 amide bonds. The average molecular weight is 233 g/mol. The van der Waals surface area contributed by atoms with Crippen LogP contribution in [0.3, 0.4) is 0 Å². The van der Waals surface area contributed by atoms with Crippen LogP contribution in [0.1, 0.15) is 36.2 Å². The first-order valence-corrected chi connectivity index (χ1v) is 6.06. The number of aromatic nitrogens is 1. The largest absolute Gasteiger partial charge is 0.463 e. The number of H-pyrrole nitrogens is 1. The predicted molar refractivity (Wildman–Crippen MR) is 62.8 cm³/mol. The van der Waals surface area contributed by atoms with Crippen molar-refractivity contribution in [2.45, 2.75) is 25.7 Å². The zero-order chi connectivity index (χ0) is 11.7. The van der Waals surface area contributed by atoms with E-state index in [-0.39, 0.29) is 5.97 Å². The van der Waals surface area contributed by atoms with Crippen LogP contribution in [0.15, 0.2) is 22.8 Å². The molecule has 0 aliphatic heterocycles. The first-order valence-electron chi connectivity index (χ1n) is 6.06. The van der Waals surface area contributed by atoms with Crippen LogP contribution in [0.25, 0.3) is 11.1 Å². The second kappa shape index (κ2) is 4.28.